The quantitative estimate of drug-likeness (QED) is 0.700. The smallest absolute Gasteiger partial charge is 0.253 e. The average molecular weight is 375 g/mol. The third-order valence-electron chi connectivity index (χ3n) is 5.67. The summed E-state index contributed by atoms with van der Waals surface area (Å²) in [6.45, 7) is 6.61. The van der Waals surface area contributed by atoms with Gasteiger partial charge in [0.15, 0.2) is 0 Å². The Labute approximate surface area is 165 Å². The number of likely N-dealkylation sites (tertiary alicyclic amines) is 1. The lowest BCUT2D eigenvalue weighted by Crippen LogP contribution is -2.39. The van der Waals surface area contributed by atoms with Crippen molar-refractivity contribution in [3.63, 3.8) is 0 Å². The number of aromatic nitrogens is 4. The highest BCUT2D eigenvalue weighted by Gasteiger charge is 2.24. The van der Waals surface area contributed by atoms with Gasteiger partial charge in [0, 0.05) is 43.2 Å². The molecule has 1 aliphatic heterocycles. The third-order valence-corrected chi connectivity index (χ3v) is 5.67. The molecule has 0 saturated carbocycles. The molecule has 0 spiro atoms. The van der Waals surface area contributed by atoms with Gasteiger partial charge in [-0.25, -0.2) is 0 Å². The van der Waals surface area contributed by atoms with Gasteiger partial charge >= 0.3 is 0 Å². The van der Waals surface area contributed by atoms with Crippen LogP contribution in [-0.2, 0) is 6.54 Å². The van der Waals surface area contributed by atoms with Gasteiger partial charge in [-0.2, -0.15) is 15.3 Å². The van der Waals surface area contributed by atoms with Crippen LogP contribution in [0.25, 0.3) is 11.3 Å². The van der Waals surface area contributed by atoms with E-state index in [-0.39, 0.29) is 5.91 Å². The van der Waals surface area contributed by atoms with Crippen LogP contribution in [0.3, 0.4) is 0 Å². The standard InChI is InChI=1S/C22H25N5O/c1-16-14-23-25-21(17(16)2)19-4-6-20(7-5-19)22(28)26-12-8-18(9-13-26)15-27-11-3-10-24-27/h3-7,10-11,14,18H,8-9,12-13,15H2,1-2H3. The predicted octanol–water partition coefficient (Wildman–Crippen LogP) is 3.51. The fraction of sp³-hybridized carbons (Fsp3) is 0.364. The number of hydrogen-bond donors (Lipinski definition) is 0. The van der Waals surface area contributed by atoms with Crippen LogP contribution in [0.1, 0.15) is 34.3 Å². The minimum atomic E-state index is 0.108. The first-order chi connectivity index (χ1) is 13.6. The van der Waals surface area contributed by atoms with Crippen molar-refractivity contribution >= 4 is 5.91 Å². The van der Waals surface area contributed by atoms with E-state index in [4.69, 9.17) is 0 Å². The summed E-state index contributed by atoms with van der Waals surface area (Å²) in [7, 11) is 0. The Hall–Kier alpha value is -3.02. The average Bonchev–Trinajstić information content (AvgIpc) is 3.23. The van der Waals surface area contributed by atoms with Crippen LogP contribution in [0.2, 0.25) is 0 Å². The van der Waals surface area contributed by atoms with Gasteiger partial charge in [-0.15, -0.1) is 0 Å². The molecule has 0 radical (unpaired) electrons. The first-order valence-corrected chi connectivity index (χ1v) is 9.78. The number of carbonyl (C=O) groups excluding carboxylic acids is 1. The summed E-state index contributed by atoms with van der Waals surface area (Å²) in [4.78, 5) is 14.8. The summed E-state index contributed by atoms with van der Waals surface area (Å²) in [5.41, 5.74) is 4.82. The van der Waals surface area contributed by atoms with Crippen molar-refractivity contribution in [3.8, 4) is 11.3 Å². The van der Waals surface area contributed by atoms with Gasteiger partial charge in [-0.3, -0.25) is 9.48 Å². The molecule has 0 unspecified atom stereocenters. The van der Waals surface area contributed by atoms with E-state index in [0.29, 0.717) is 5.92 Å². The zero-order valence-corrected chi connectivity index (χ0v) is 16.4. The van der Waals surface area contributed by atoms with Crippen LogP contribution in [0.5, 0.6) is 0 Å². The van der Waals surface area contributed by atoms with Crippen LogP contribution < -0.4 is 0 Å². The molecule has 1 fully saturated rings. The monoisotopic (exact) mass is 375 g/mol. The van der Waals surface area contributed by atoms with Crippen molar-refractivity contribution in [1.29, 1.82) is 0 Å². The molecule has 1 aromatic carbocycles. The van der Waals surface area contributed by atoms with Gasteiger partial charge in [0.1, 0.15) is 0 Å². The molecule has 0 N–H and O–H groups in total. The molecule has 1 aliphatic rings. The Morgan fingerprint density at radius 2 is 1.89 bits per heavy atom. The normalized spacial score (nSPS) is 15.0. The number of aryl methyl sites for hydroxylation is 1. The summed E-state index contributed by atoms with van der Waals surface area (Å²) in [5, 5.41) is 12.6. The van der Waals surface area contributed by atoms with Crippen LogP contribution in [0.15, 0.2) is 48.9 Å². The summed E-state index contributed by atoms with van der Waals surface area (Å²) in [5.74, 6) is 0.685. The summed E-state index contributed by atoms with van der Waals surface area (Å²) in [6, 6.07) is 9.68. The molecule has 0 bridgehead atoms. The van der Waals surface area contributed by atoms with Gasteiger partial charge in [-0.1, -0.05) is 12.1 Å². The lowest BCUT2D eigenvalue weighted by Gasteiger charge is -2.32. The summed E-state index contributed by atoms with van der Waals surface area (Å²) >= 11 is 0. The minimum absolute atomic E-state index is 0.108. The van der Waals surface area contributed by atoms with Gasteiger partial charge < -0.3 is 4.90 Å². The maximum Gasteiger partial charge on any atom is 0.253 e. The van der Waals surface area contributed by atoms with Gasteiger partial charge in [-0.05, 0) is 61.9 Å². The Bertz CT molecular complexity index is 942. The molecule has 3 aromatic rings. The van der Waals surface area contributed by atoms with Crippen molar-refractivity contribution in [1.82, 2.24) is 24.9 Å². The van der Waals surface area contributed by atoms with E-state index < -0.39 is 0 Å². The molecular formula is C22H25N5O. The largest absolute Gasteiger partial charge is 0.339 e. The maximum atomic E-state index is 12.9. The second-order valence-electron chi connectivity index (χ2n) is 7.54. The van der Waals surface area contributed by atoms with Crippen LogP contribution in [0.4, 0.5) is 0 Å². The van der Waals surface area contributed by atoms with Crippen LogP contribution in [-0.4, -0.2) is 43.9 Å². The second-order valence-corrected chi connectivity index (χ2v) is 7.54. The number of amides is 1. The number of hydrogen-bond acceptors (Lipinski definition) is 4. The van der Waals surface area contributed by atoms with Crippen molar-refractivity contribution in [3.05, 3.63) is 65.6 Å². The van der Waals surface area contributed by atoms with E-state index in [0.717, 1.165) is 60.4 Å². The van der Waals surface area contributed by atoms with Crippen molar-refractivity contribution in [2.45, 2.75) is 33.2 Å². The highest BCUT2D eigenvalue weighted by Crippen LogP contribution is 2.24. The zero-order chi connectivity index (χ0) is 19.5. The van der Waals surface area contributed by atoms with E-state index in [1.165, 1.54) is 0 Å². The summed E-state index contributed by atoms with van der Waals surface area (Å²) < 4.78 is 1.98. The van der Waals surface area contributed by atoms with Crippen LogP contribution in [0, 0.1) is 19.8 Å². The Morgan fingerprint density at radius 3 is 2.57 bits per heavy atom. The molecular weight excluding hydrogens is 350 g/mol. The number of piperidine rings is 1. The Kier molecular flexibility index (Phi) is 5.19. The first kappa shape index (κ1) is 18.3. The van der Waals surface area contributed by atoms with E-state index in [9.17, 15) is 4.79 Å². The highest BCUT2D eigenvalue weighted by molar-refractivity contribution is 5.94. The topological polar surface area (TPSA) is 63.9 Å². The predicted molar refractivity (Wildman–Crippen MR) is 108 cm³/mol. The molecule has 2 aromatic heterocycles. The van der Waals surface area contributed by atoms with Crippen LogP contribution >= 0.6 is 0 Å². The lowest BCUT2D eigenvalue weighted by atomic mass is 9.96. The van der Waals surface area contributed by atoms with Crippen molar-refractivity contribution < 1.29 is 4.79 Å². The molecule has 6 nitrogen and oxygen atoms in total. The molecule has 4 rings (SSSR count). The van der Waals surface area contributed by atoms with E-state index >= 15 is 0 Å². The van der Waals surface area contributed by atoms with Gasteiger partial charge in [0.05, 0.1) is 11.9 Å². The molecule has 0 atom stereocenters. The van der Waals surface area contributed by atoms with Gasteiger partial charge in [0.25, 0.3) is 5.91 Å². The molecule has 6 heteroatoms. The molecule has 3 heterocycles. The lowest BCUT2D eigenvalue weighted by molar-refractivity contribution is 0.0681. The molecule has 1 saturated heterocycles. The number of rotatable bonds is 4. The Balaban J connectivity index is 1.39. The zero-order valence-electron chi connectivity index (χ0n) is 16.4. The minimum Gasteiger partial charge on any atom is -0.339 e. The molecule has 144 valence electrons. The summed E-state index contributed by atoms with van der Waals surface area (Å²) in [6.07, 6.45) is 7.61. The van der Waals surface area contributed by atoms with E-state index in [2.05, 4.69) is 15.3 Å². The van der Waals surface area contributed by atoms with Gasteiger partial charge in [0.2, 0.25) is 0 Å². The molecule has 28 heavy (non-hydrogen) atoms. The number of carbonyl (C=O) groups is 1. The SMILES string of the molecule is Cc1cnnc(-c2ccc(C(=O)N3CCC(Cn4cccn4)CC3)cc2)c1C. The highest BCUT2D eigenvalue weighted by atomic mass is 16.2. The van der Waals surface area contributed by atoms with E-state index in [1.807, 2.05) is 66.2 Å². The fourth-order valence-corrected chi connectivity index (χ4v) is 3.75. The van der Waals surface area contributed by atoms with Crippen molar-refractivity contribution in [2.24, 2.45) is 5.92 Å². The second kappa shape index (κ2) is 7.92. The van der Waals surface area contributed by atoms with Crippen molar-refractivity contribution in [2.75, 3.05) is 13.1 Å². The third kappa shape index (κ3) is 3.81. The molecule has 0 aliphatic carbocycles. The Morgan fingerprint density at radius 1 is 1.14 bits per heavy atom. The fourth-order valence-electron chi connectivity index (χ4n) is 3.75. The first-order valence-electron chi connectivity index (χ1n) is 9.78. The van der Waals surface area contributed by atoms with E-state index in [1.54, 1.807) is 6.20 Å². The number of nitrogens with zero attached hydrogens (tertiary/aromatic N) is 5. The number of benzene rings is 1. The molecule has 1 amide bonds. The maximum absolute atomic E-state index is 12.9.